The fourth-order valence-corrected chi connectivity index (χ4v) is 6.35. The van der Waals surface area contributed by atoms with Crippen LogP contribution in [-0.4, -0.2) is 72.6 Å². The number of nitriles is 1. The van der Waals surface area contributed by atoms with E-state index in [1.165, 1.54) is 50.1 Å². The van der Waals surface area contributed by atoms with Gasteiger partial charge in [0.05, 0.1) is 19.1 Å². The molecule has 1 aromatic heterocycles. The molecule has 1 fully saturated rings. The van der Waals surface area contributed by atoms with E-state index >= 15 is 0 Å². The summed E-state index contributed by atoms with van der Waals surface area (Å²) in [6, 6.07) is 3.31. The lowest BCUT2D eigenvalue weighted by atomic mass is 10.1. The summed E-state index contributed by atoms with van der Waals surface area (Å²) in [6.07, 6.45) is -0.617. The van der Waals surface area contributed by atoms with Crippen molar-refractivity contribution in [2.45, 2.75) is 70.7 Å². The maximum Gasteiger partial charge on any atom is 0.353 e. The maximum absolute atomic E-state index is 12.7. The van der Waals surface area contributed by atoms with Gasteiger partial charge in [-0.3, -0.25) is 18.9 Å². The Morgan fingerprint density at radius 1 is 1.22 bits per heavy atom. The Morgan fingerprint density at radius 3 is 2.38 bits per heavy atom. The predicted octanol–water partition coefficient (Wildman–Crippen LogP) is 3.11. The van der Waals surface area contributed by atoms with Crippen LogP contribution in [0.25, 0.3) is 0 Å². The van der Waals surface area contributed by atoms with Gasteiger partial charge < -0.3 is 27.6 Å². The van der Waals surface area contributed by atoms with Gasteiger partial charge in [-0.2, -0.15) is 5.26 Å². The van der Waals surface area contributed by atoms with Crippen LogP contribution in [-0.2, 0) is 32.1 Å². The van der Waals surface area contributed by atoms with E-state index in [2.05, 4.69) is 11.1 Å². The number of nitrogens with zero attached hydrogens (tertiary/aromatic N) is 3. The van der Waals surface area contributed by atoms with E-state index in [-0.39, 0.29) is 25.1 Å². The molecule has 1 saturated heterocycles. The fraction of sp³-hybridized carbons (Fsp3) is 0.682. The Morgan fingerprint density at radius 2 is 1.86 bits per heavy atom. The molecule has 15 heteroatoms. The van der Waals surface area contributed by atoms with Crippen LogP contribution in [0.1, 0.15) is 40.3 Å². The monoisotopic (exact) mass is 562 g/mol. The number of nitrogens with one attached hydrogen (secondary N) is 1. The first-order valence-electron chi connectivity index (χ1n) is 11.7. The van der Waals surface area contributed by atoms with Crippen molar-refractivity contribution < 1.29 is 32.1 Å². The number of methoxy groups -OCH3 is 1. The second-order valence-corrected chi connectivity index (χ2v) is 12.1. The van der Waals surface area contributed by atoms with Crippen molar-refractivity contribution in [1.82, 2.24) is 14.2 Å². The summed E-state index contributed by atoms with van der Waals surface area (Å²) >= 11 is 0. The van der Waals surface area contributed by atoms with Crippen LogP contribution in [0.15, 0.2) is 33.7 Å². The van der Waals surface area contributed by atoms with Gasteiger partial charge in [-0.05, 0) is 33.8 Å². The molecule has 0 amide bonds. The van der Waals surface area contributed by atoms with Gasteiger partial charge in [-0.25, -0.2) is 9.46 Å². The Balaban J connectivity index is 2.54. The Kier molecular flexibility index (Phi) is 12.3. The molecule has 0 saturated carbocycles. The van der Waals surface area contributed by atoms with Gasteiger partial charge in [0.15, 0.2) is 6.23 Å². The number of H-pyrrole nitrogens is 1. The molecule has 5 atom stereocenters. The second kappa shape index (κ2) is 14.4. The largest absolute Gasteiger partial charge is 0.374 e. The van der Waals surface area contributed by atoms with Gasteiger partial charge in [0.25, 0.3) is 14.1 Å². The third-order valence-electron chi connectivity index (χ3n) is 5.46. The summed E-state index contributed by atoms with van der Waals surface area (Å²) in [4.78, 5) is 26.4. The summed E-state index contributed by atoms with van der Waals surface area (Å²) < 4.78 is 50.3. The molecule has 0 radical (unpaired) electrons. The van der Waals surface area contributed by atoms with Crippen molar-refractivity contribution in [2.24, 2.45) is 0 Å². The fourth-order valence-electron chi connectivity index (χ4n) is 3.83. The van der Waals surface area contributed by atoms with Gasteiger partial charge in [0.1, 0.15) is 18.3 Å². The van der Waals surface area contributed by atoms with Gasteiger partial charge in [-0.15, -0.1) is 0 Å². The van der Waals surface area contributed by atoms with Crippen LogP contribution in [0.5, 0.6) is 0 Å². The molecule has 0 bridgehead atoms. The molecule has 208 valence electrons. The third-order valence-corrected chi connectivity index (χ3v) is 9.15. The first-order valence-corrected chi connectivity index (χ1v) is 14.4. The smallest absolute Gasteiger partial charge is 0.353 e. The molecule has 1 N–H and O–H groups in total. The van der Waals surface area contributed by atoms with Crippen LogP contribution >= 0.6 is 16.1 Å². The number of aromatic nitrogens is 2. The van der Waals surface area contributed by atoms with Crippen LogP contribution in [0.4, 0.5) is 0 Å². The average Bonchev–Trinajstić information content (AvgIpc) is 3.18. The molecule has 1 aliphatic rings. The highest BCUT2D eigenvalue weighted by Crippen LogP contribution is 2.52. The number of ether oxygens (including phenoxy) is 2. The van der Waals surface area contributed by atoms with Gasteiger partial charge in [0.2, 0.25) is 0 Å². The van der Waals surface area contributed by atoms with E-state index in [4.69, 9.17) is 32.8 Å². The van der Waals surface area contributed by atoms with Crippen molar-refractivity contribution in [2.75, 3.05) is 27.9 Å². The summed E-state index contributed by atoms with van der Waals surface area (Å²) in [5.74, 6) is 1.25. The lowest BCUT2D eigenvalue weighted by Gasteiger charge is -2.38. The van der Waals surface area contributed by atoms with Crippen LogP contribution < -0.4 is 11.2 Å². The minimum absolute atomic E-state index is 0.0327. The molecule has 2 rings (SSSR count). The van der Waals surface area contributed by atoms with E-state index in [1.807, 2.05) is 32.4 Å². The van der Waals surface area contributed by atoms with Gasteiger partial charge in [0, 0.05) is 51.5 Å². The minimum Gasteiger partial charge on any atom is -0.374 e. The third kappa shape index (κ3) is 8.14. The summed E-state index contributed by atoms with van der Waals surface area (Å²) in [5, 5.41) is 9.01. The van der Waals surface area contributed by atoms with Gasteiger partial charge in [-0.1, -0.05) is 0 Å². The molecule has 1 aliphatic heterocycles. The van der Waals surface area contributed by atoms with Crippen LogP contribution in [0.3, 0.4) is 0 Å². The first-order chi connectivity index (χ1) is 17.5. The van der Waals surface area contributed by atoms with Crippen molar-refractivity contribution in [1.29, 1.82) is 5.26 Å². The Labute approximate surface area is 217 Å². The molecule has 0 aromatic carbocycles. The van der Waals surface area contributed by atoms with Gasteiger partial charge >= 0.3 is 13.3 Å². The second-order valence-electron chi connectivity index (χ2n) is 8.57. The van der Waals surface area contributed by atoms with Crippen molar-refractivity contribution in [3.8, 4) is 6.07 Å². The highest BCUT2D eigenvalue weighted by atomic mass is 31.2. The van der Waals surface area contributed by atoms with Crippen LogP contribution in [0.2, 0.25) is 0 Å². The summed E-state index contributed by atoms with van der Waals surface area (Å²) in [7, 11) is -1.32. The Hall–Kier alpha value is -1.71. The number of rotatable bonds is 14. The van der Waals surface area contributed by atoms with E-state index in [0.717, 1.165) is 0 Å². The van der Waals surface area contributed by atoms with Crippen molar-refractivity contribution in [3.05, 3.63) is 45.0 Å². The highest BCUT2D eigenvalue weighted by molar-refractivity contribution is 7.57. The topological polar surface area (TPSA) is 154 Å². The molecule has 13 nitrogen and oxygen atoms in total. The Bertz CT molecular complexity index is 1080. The number of hydrogen-bond acceptors (Lipinski definition) is 11. The van der Waals surface area contributed by atoms with Crippen molar-refractivity contribution in [3.63, 3.8) is 0 Å². The zero-order valence-corrected chi connectivity index (χ0v) is 23.9. The molecular weight excluding hydrogens is 526 g/mol. The molecule has 0 aliphatic carbocycles. The minimum atomic E-state index is -3.55. The molecule has 1 aromatic rings. The predicted molar refractivity (Wildman–Crippen MR) is 137 cm³/mol. The molecule has 2 heterocycles. The lowest BCUT2D eigenvalue weighted by molar-refractivity contribution is -0.0482. The van der Waals surface area contributed by atoms with E-state index in [9.17, 15) is 14.2 Å². The summed E-state index contributed by atoms with van der Waals surface area (Å²) in [6.45, 7) is 8.14. The zero-order chi connectivity index (χ0) is 27.8. The maximum atomic E-state index is 12.7. The lowest BCUT2D eigenvalue weighted by Crippen LogP contribution is -2.41. The molecule has 37 heavy (non-hydrogen) atoms. The number of hydrogen-bond donors (Lipinski definition) is 1. The quantitative estimate of drug-likeness (QED) is 0.263. The standard InChI is InChI=1S/C22H36N4O9P2/c1-15(2)26(16(3)4)36(33-13-8-11-23)35-19-17(10-14-37(29,31-6)32-7)34-21(20(19)30-5)25-12-9-18(27)24-22(25)28/h9-10,12,14-17,19-21H,8,13H2,1-7H3,(H,24,27,28)/b14-10+/t17-,19-,20-,21-,36?/m1/s1. The van der Waals surface area contributed by atoms with Crippen molar-refractivity contribution >= 4 is 16.1 Å². The normalized spacial score (nSPS) is 23.4. The summed E-state index contributed by atoms with van der Waals surface area (Å²) in [5.41, 5.74) is -1.25. The molecule has 0 spiro atoms. The van der Waals surface area contributed by atoms with E-state index in [0.29, 0.717) is 0 Å². The first kappa shape index (κ1) is 31.5. The molecular formula is C22H36N4O9P2. The average molecular weight is 562 g/mol. The van der Waals surface area contributed by atoms with Crippen LogP contribution in [0, 0.1) is 11.3 Å². The molecule has 1 unspecified atom stereocenters. The number of aromatic amines is 1. The zero-order valence-electron chi connectivity index (χ0n) is 22.1. The highest BCUT2D eigenvalue weighted by Gasteiger charge is 2.49. The van der Waals surface area contributed by atoms with E-state index < -0.39 is 51.9 Å². The SMILES string of the molecule is CO[C@@H]1[C@H](OP(OCCC#N)N(C(C)C)C(C)C)[C@@H](/C=C/P(=O)(OC)OC)O[C@H]1n1ccc(=O)[nH]c1=O. The van der Waals surface area contributed by atoms with E-state index in [1.54, 1.807) is 0 Å².